The van der Waals surface area contributed by atoms with Crippen LogP contribution in [-0.2, 0) is 6.54 Å². The van der Waals surface area contributed by atoms with Crippen molar-refractivity contribution in [3.05, 3.63) is 34.2 Å². The van der Waals surface area contributed by atoms with E-state index in [4.69, 9.17) is 4.42 Å². The Morgan fingerprint density at radius 2 is 2.45 bits per heavy atom. The number of piperidine rings is 1. The molecule has 1 unspecified atom stereocenters. The fourth-order valence-electron chi connectivity index (χ4n) is 2.79. The van der Waals surface area contributed by atoms with Crippen LogP contribution in [0.2, 0.25) is 0 Å². The molecule has 1 N–H and O–H groups in total. The van der Waals surface area contributed by atoms with Crippen molar-refractivity contribution in [3.8, 4) is 0 Å². The van der Waals surface area contributed by atoms with Crippen LogP contribution in [0, 0.1) is 12.8 Å². The molecule has 0 bridgehead atoms. The Hall–Kier alpha value is -1.73. The van der Waals surface area contributed by atoms with Gasteiger partial charge in [-0.15, -0.1) is 21.5 Å². The average Bonchev–Trinajstić information content (AvgIpc) is 3.17. The molecule has 2 aromatic heterocycles. The van der Waals surface area contributed by atoms with Gasteiger partial charge >= 0.3 is 0 Å². The number of carbonyl (C=O) groups excluding carboxylic acids is 1. The molecule has 0 aliphatic carbocycles. The van der Waals surface area contributed by atoms with Crippen molar-refractivity contribution >= 4 is 17.2 Å². The number of aromatic nitrogens is 2. The molecule has 0 saturated carbocycles. The summed E-state index contributed by atoms with van der Waals surface area (Å²) < 4.78 is 4.93. The largest absolute Gasteiger partial charge is 0.472 e. The predicted octanol–water partition coefficient (Wildman–Crippen LogP) is 2.08. The van der Waals surface area contributed by atoms with E-state index in [1.807, 2.05) is 6.92 Å². The molecule has 0 radical (unpaired) electrons. The lowest BCUT2D eigenvalue weighted by atomic mass is 9.98. The second-order valence-corrected chi connectivity index (χ2v) is 6.95. The summed E-state index contributed by atoms with van der Waals surface area (Å²) in [6.45, 7) is 5.62. The van der Waals surface area contributed by atoms with E-state index in [1.165, 1.54) is 12.5 Å². The second-order valence-electron chi connectivity index (χ2n) is 5.68. The highest BCUT2D eigenvalue weighted by Gasteiger charge is 2.21. The van der Waals surface area contributed by atoms with Crippen molar-refractivity contribution in [2.24, 2.45) is 5.92 Å². The Kier molecular flexibility index (Phi) is 4.84. The maximum atomic E-state index is 11.9. The minimum atomic E-state index is -0.0642. The molecule has 1 saturated heterocycles. The highest BCUT2D eigenvalue weighted by molar-refractivity contribution is 7.11. The van der Waals surface area contributed by atoms with Gasteiger partial charge in [0.1, 0.15) is 16.3 Å². The summed E-state index contributed by atoms with van der Waals surface area (Å²) in [4.78, 5) is 14.3. The molecule has 0 spiro atoms. The molecule has 22 heavy (non-hydrogen) atoms. The number of nitrogens with one attached hydrogen (secondary N) is 1. The van der Waals surface area contributed by atoms with Crippen LogP contribution in [0.15, 0.2) is 23.0 Å². The Labute approximate surface area is 133 Å². The number of hydrogen-bond acceptors (Lipinski definition) is 6. The number of nitrogens with zero attached hydrogens (tertiary/aromatic N) is 3. The van der Waals surface area contributed by atoms with Crippen LogP contribution < -0.4 is 5.32 Å². The van der Waals surface area contributed by atoms with Gasteiger partial charge in [-0.1, -0.05) is 0 Å². The second kappa shape index (κ2) is 7.02. The molecule has 1 aliphatic rings. The van der Waals surface area contributed by atoms with Crippen LogP contribution in [0.3, 0.4) is 0 Å². The van der Waals surface area contributed by atoms with Gasteiger partial charge in [-0.3, -0.25) is 9.69 Å². The quantitative estimate of drug-likeness (QED) is 0.913. The van der Waals surface area contributed by atoms with Crippen LogP contribution in [0.5, 0.6) is 0 Å². The van der Waals surface area contributed by atoms with Gasteiger partial charge in [0.15, 0.2) is 0 Å². The first kappa shape index (κ1) is 15.2. The lowest BCUT2D eigenvalue weighted by Gasteiger charge is -2.32. The van der Waals surface area contributed by atoms with Crippen LogP contribution >= 0.6 is 11.3 Å². The Balaban J connectivity index is 1.47. The maximum absolute atomic E-state index is 11.9. The van der Waals surface area contributed by atoms with Gasteiger partial charge in [0, 0.05) is 13.1 Å². The maximum Gasteiger partial charge on any atom is 0.254 e. The first-order valence-corrected chi connectivity index (χ1v) is 8.34. The smallest absolute Gasteiger partial charge is 0.254 e. The van der Waals surface area contributed by atoms with Gasteiger partial charge in [0.25, 0.3) is 5.91 Å². The molecular weight excluding hydrogens is 300 g/mol. The molecule has 3 rings (SSSR count). The van der Waals surface area contributed by atoms with Crippen LogP contribution in [0.4, 0.5) is 0 Å². The summed E-state index contributed by atoms with van der Waals surface area (Å²) >= 11 is 1.66. The summed E-state index contributed by atoms with van der Waals surface area (Å²) in [6.07, 6.45) is 5.29. The summed E-state index contributed by atoms with van der Waals surface area (Å²) in [7, 11) is 0. The topological polar surface area (TPSA) is 71.3 Å². The van der Waals surface area contributed by atoms with E-state index in [-0.39, 0.29) is 5.91 Å². The zero-order valence-electron chi connectivity index (χ0n) is 12.6. The third kappa shape index (κ3) is 3.92. The van der Waals surface area contributed by atoms with Crippen LogP contribution in [0.1, 0.15) is 33.2 Å². The van der Waals surface area contributed by atoms with Crippen molar-refractivity contribution in [3.63, 3.8) is 0 Å². The van der Waals surface area contributed by atoms with E-state index in [0.717, 1.165) is 42.5 Å². The zero-order chi connectivity index (χ0) is 15.4. The summed E-state index contributed by atoms with van der Waals surface area (Å²) in [5.74, 6) is 0.421. The molecule has 118 valence electrons. The van der Waals surface area contributed by atoms with E-state index < -0.39 is 0 Å². The zero-order valence-corrected chi connectivity index (χ0v) is 13.4. The van der Waals surface area contributed by atoms with E-state index in [0.29, 0.717) is 18.0 Å². The number of furan rings is 1. The van der Waals surface area contributed by atoms with Gasteiger partial charge in [-0.25, -0.2) is 0 Å². The number of amides is 1. The normalized spacial score (nSPS) is 19.2. The third-order valence-electron chi connectivity index (χ3n) is 3.86. The van der Waals surface area contributed by atoms with Gasteiger partial charge in [-0.05, 0) is 38.3 Å². The fraction of sp³-hybridized carbons (Fsp3) is 0.533. The van der Waals surface area contributed by atoms with Gasteiger partial charge in [-0.2, -0.15) is 0 Å². The van der Waals surface area contributed by atoms with Gasteiger partial charge < -0.3 is 9.73 Å². The molecule has 3 heterocycles. The number of likely N-dealkylation sites (tertiary alicyclic amines) is 1. The lowest BCUT2D eigenvalue weighted by molar-refractivity contribution is 0.0930. The summed E-state index contributed by atoms with van der Waals surface area (Å²) in [6, 6.07) is 1.68. The molecule has 1 amide bonds. The molecule has 2 aromatic rings. The summed E-state index contributed by atoms with van der Waals surface area (Å²) in [5.41, 5.74) is 0.581. The van der Waals surface area contributed by atoms with Crippen molar-refractivity contribution in [1.82, 2.24) is 20.4 Å². The standard InChI is InChI=1S/C15H20N4O2S/c1-11-17-18-14(22-11)9-19-5-2-3-12(8-19)7-16-15(20)13-4-6-21-10-13/h4,6,10,12H,2-3,5,7-9H2,1H3,(H,16,20). The van der Waals surface area contributed by atoms with E-state index in [9.17, 15) is 4.79 Å². The number of aryl methyl sites for hydroxylation is 1. The van der Waals surface area contributed by atoms with E-state index >= 15 is 0 Å². The first-order chi connectivity index (χ1) is 10.7. The van der Waals surface area contributed by atoms with Crippen molar-refractivity contribution in [2.75, 3.05) is 19.6 Å². The molecule has 1 atom stereocenters. The monoisotopic (exact) mass is 320 g/mol. The molecule has 6 nitrogen and oxygen atoms in total. The van der Waals surface area contributed by atoms with Crippen molar-refractivity contribution in [2.45, 2.75) is 26.3 Å². The third-order valence-corrected chi connectivity index (χ3v) is 4.69. The minimum absolute atomic E-state index is 0.0642. The minimum Gasteiger partial charge on any atom is -0.472 e. The van der Waals surface area contributed by atoms with E-state index in [2.05, 4.69) is 20.4 Å². The predicted molar refractivity (Wildman–Crippen MR) is 83.7 cm³/mol. The Morgan fingerprint density at radius 3 is 3.18 bits per heavy atom. The van der Waals surface area contributed by atoms with Crippen LogP contribution in [-0.4, -0.2) is 40.6 Å². The average molecular weight is 320 g/mol. The molecule has 1 aliphatic heterocycles. The molecule has 7 heteroatoms. The molecule has 0 aromatic carbocycles. The molecule has 1 fully saturated rings. The summed E-state index contributed by atoms with van der Waals surface area (Å²) in [5, 5.41) is 13.3. The Bertz CT molecular complexity index is 611. The van der Waals surface area contributed by atoms with E-state index in [1.54, 1.807) is 17.4 Å². The lowest BCUT2D eigenvalue weighted by Crippen LogP contribution is -2.40. The fourth-order valence-corrected chi connectivity index (χ4v) is 3.54. The van der Waals surface area contributed by atoms with Gasteiger partial charge in [0.05, 0.1) is 18.4 Å². The first-order valence-electron chi connectivity index (χ1n) is 7.52. The number of rotatable bonds is 5. The number of carbonyl (C=O) groups is 1. The molecular formula is C15H20N4O2S. The van der Waals surface area contributed by atoms with Crippen LogP contribution in [0.25, 0.3) is 0 Å². The van der Waals surface area contributed by atoms with Crippen molar-refractivity contribution in [1.29, 1.82) is 0 Å². The van der Waals surface area contributed by atoms with Gasteiger partial charge in [0.2, 0.25) is 0 Å². The highest BCUT2D eigenvalue weighted by atomic mass is 32.1. The highest BCUT2D eigenvalue weighted by Crippen LogP contribution is 2.19. The Morgan fingerprint density at radius 1 is 1.55 bits per heavy atom. The number of hydrogen-bond donors (Lipinski definition) is 1. The van der Waals surface area contributed by atoms with Crippen molar-refractivity contribution < 1.29 is 9.21 Å². The SMILES string of the molecule is Cc1nnc(CN2CCCC(CNC(=O)c3ccoc3)C2)s1.